The highest BCUT2D eigenvalue weighted by molar-refractivity contribution is 5.97. The number of rotatable bonds is 3. The minimum atomic E-state index is -1.000. The summed E-state index contributed by atoms with van der Waals surface area (Å²) in [5.74, 6) is -1.44. The maximum Gasteiger partial charge on any atom is 0.335 e. The Morgan fingerprint density at radius 3 is 2.46 bits per heavy atom. The third-order valence-corrected chi connectivity index (χ3v) is 3.90. The van der Waals surface area contributed by atoms with Gasteiger partial charge >= 0.3 is 5.97 Å². The predicted octanol–water partition coefficient (Wildman–Crippen LogP) is 1.63. The lowest BCUT2D eigenvalue weighted by Gasteiger charge is -2.35. The molecule has 2 aromatic carbocycles. The molecule has 0 unspecified atom stereocenters. The number of hydrazine groups is 1. The average Bonchev–Trinajstić information content (AvgIpc) is 2.62. The molecule has 1 N–H and O–H groups in total. The number of hydrogen-bond donors (Lipinski definition) is 1. The Bertz CT molecular complexity index is 789. The molecule has 6 nitrogen and oxygen atoms in total. The van der Waals surface area contributed by atoms with Gasteiger partial charge in [-0.25, -0.2) is 9.80 Å². The van der Waals surface area contributed by atoms with Crippen molar-refractivity contribution in [3.63, 3.8) is 0 Å². The van der Waals surface area contributed by atoms with Crippen molar-refractivity contribution in [1.29, 1.82) is 0 Å². The fourth-order valence-electron chi connectivity index (χ4n) is 2.73. The second-order valence-electron chi connectivity index (χ2n) is 5.37. The van der Waals surface area contributed by atoms with Gasteiger partial charge in [0.1, 0.15) is 0 Å². The smallest absolute Gasteiger partial charge is 0.335 e. The molecule has 3 rings (SSSR count). The SMILES string of the molecule is COC(=O)[C@@H]1c2ccccc2CC(=O)N1NC(=O)c1ccccc1. The number of carbonyl (C=O) groups is 3. The van der Waals surface area contributed by atoms with E-state index in [1.54, 1.807) is 54.6 Å². The Morgan fingerprint density at radius 2 is 1.75 bits per heavy atom. The van der Waals surface area contributed by atoms with Crippen LogP contribution < -0.4 is 5.43 Å². The molecular weight excluding hydrogens is 308 g/mol. The molecular formula is C18H16N2O4. The monoisotopic (exact) mass is 324 g/mol. The normalized spacial score (nSPS) is 16.3. The first-order valence-corrected chi connectivity index (χ1v) is 7.45. The minimum Gasteiger partial charge on any atom is -0.467 e. The number of ether oxygens (including phenoxy) is 1. The summed E-state index contributed by atoms with van der Waals surface area (Å²) in [5.41, 5.74) is 4.33. The largest absolute Gasteiger partial charge is 0.467 e. The Kier molecular flexibility index (Phi) is 4.29. The molecule has 122 valence electrons. The highest BCUT2D eigenvalue weighted by Crippen LogP contribution is 2.30. The summed E-state index contributed by atoms with van der Waals surface area (Å²) >= 11 is 0. The number of fused-ring (bicyclic) bond motifs is 1. The number of nitrogens with zero attached hydrogens (tertiary/aromatic N) is 1. The van der Waals surface area contributed by atoms with Crippen LogP contribution in [-0.2, 0) is 20.7 Å². The van der Waals surface area contributed by atoms with Crippen molar-refractivity contribution in [3.05, 3.63) is 71.3 Å². The Hall–Kier alpha value is -3.15. The van der Waals surface area contributed by atoms with Crippen molar-refractivity contribution >= 4 is 17.8 Å². The summed E-state index contributed by atoms with van der Waals surface area (Å²) in [6.45, 7) is 0. The van der Waals surface area contributed by atoms with Crippen molar-refractivity contribution in [2.24, 2.45) is 0 Å². The van der Waals surface area contributed by atoms with E-state index < -0.39 is 17.9 Å². The van der Waals surface area contributed by atoms with Gasteiger partial charge in [0.15, 0.2) is 6.04 Å². The molecule has 1 heterocycles. The number of amides is 2. The van der Waals surface area contributed by atoms with Gasteiger partial charge in [-0.1, -0.05) is 42.5 Å². The van der Waals surface area contributed by atoms with Crippen molar-refractivity contribution in [2.75, 3.05) is 7.11 Å². The molecule has 1 aliphatic heterocycles. The van der Waals surface area contributed by atoms with E-state index in [4.69, 9.17) is 4.74 Å². The van der Waals surface area contributed by atoms with E-state index in [2.05, 4.69) is 5.43 Å². The van der Waals surface area contributed by atoms with Crippen LogP contribution in [0.4, 0.5) is 0 Å². The summed E-state index contributed by atoms with van der Waals surface area (Å²) in [7, 11) is 1.25. The van der Waals surface area contributed by atoms with Crippen LogP contribution in [0.15, 0.2) is 54.6 Å². The second kappa shape index (κ2) is 6.54. The van der Waals surface area contributed by atoms with Gasteiger partial charge in [0.05, 0.1) is 13.5 Å². The highest BCUT2D eigenvalue weighted by atomic mass is 16.5. The van der Waals surface area contributed by atoms with E-state index in [1.807, 2.05) is 0 Å². The van der Waals surface area contributed by atoms with Crippen LogP contribution in [0, 0.1) is 0 Å². The summed E-state index contributed by atoms with van der Waals surface area (Å²) in [4.78, 5) is 37.1. The Morgan fingerprint density at radius 1 is 1.08 bits per heavy atom. The van der Waals surface area contributed by atoms with E-state index in [1.165, 1.54) is 7.11 Å². The third kappa shape index (κ3) is 2.86. The first-order valence-electron chi connectivity index (χ1n) is 7.45. The molecule has 0 spiro atoms. The third-order valence-electron chi connectivity index (χ3n) is 3.90. The molecule has 0 radical (unpaired) electrons. The van der Waals surface area contributed by atoms with Crippen molar-refractivity contribution in [3.8, 4) is 0 Å². The van der Waals surface area contributed by atoms with E-state index in [9.17, 15) is 14.4 Å². The van der Waals surface area contributed by atoms with Gasteiger partial charge in [-0.05, 0) is 23.3 Å². The van der Waals surface area contributed by atoms with Crippen LogP contribution in [-0.4, -0.2) is 29.9 Å². The minimum absolute atomic E-state index is 0.110. The van der Waals surface area contributed by atoms with Crippen LogP contribution >= 0.6 is 0 Å². The van der Waals surface area contributed by atoms with Gasteiger partial charge in [-0.3, -0.25) is 15.0 Å². The molecule has 1 atom stereocenters. The summed E-state index contributed by atoms with van der Waals surface area (Å²) in [6.07, 6.45) is 0.110. The van der Waals surface area contributed by atoms with Crippen molar-refractivity contribution in [1.82, 2.24) is 10.4 Å². The van der Waals surface area contributed by atoms with Gasteiger partial charge in [-0.2, -0.15) is 0 Å². The number of nitrogens with one attached hydrogen (secondary N) is 1. The van der Waals surface area contributed by atoms with Gasteiger partial charge in [0.2, 0.25) is 5.91 Å². The van der Waals surface area contributed by atoms with Gasteiger partial charge in [0.25, 0.3) is 5.91 Å². The number of methoxy groups -OCH3 is 1. The molecule has 0 bridgehead atoms. The number of hydrogen-bond acceptors (Lipinski definition) is 4. The molecule has 0 aliphatic carbocycles. The first kappa shape index (κ1) is 15.7. The fraction of sp³-hybridized carbons (Fsp3) is 0.167. The average molecular weight is 324 g/mol. The topological polar surface area (TPSA) is 75.7 Å². The molecule has 0 fully saturated rings. The van der Waals surface area contributed by atoms with Gasteiger partial charge in [0, 0.05) is 5.56 Å². The quantitative estimate of drug-likeness (QED) is 0.871. The Labute approximate surface area is 139 Å². The summed E-state index contributed by atoms with van der Waals surface area (Å²) < 4.78 is 4.83. The molecule has 6 heteroatoms. The highest BCUT2D eigenvalue weighted by Gasteiger charge is 2.39. The molecule has 2 amide bonds. The predicted molar refractivity (Wildman–Crippen MR) is 85.7 cm³/mol. The lowest BCUT2D eigenvalue weighted by atomic mass is 9.93. The molecule has 0 saturated carbocycles. The van der Waals surface area contributed by atoms with Crippen LogP contribution in [0.25, 0.3) is 0 Å². The van der Waals surface area contributed by atoms with E-state index in [-0.39, 0.29) is 12.3 Å². The van der Waals surface area contributed by atoms with Crippen LogP contribution in [0.2, 0.25) is 0 Å². The second-order valence-corrected chi connectivity index (χ2v) is 5.37. The zero-order chi connectivity index (χ0) is 17.1. The zero-order valence-electron chi connectivity index (χ0n) is 13.1. The maximum atomic E-state index is 12.5. The Balaban J connectivity index is 1.95. The van der Waals surface area contributed by atoms with Gasteiger partial charge < -0.3 is 4.74 Å². The van der Waals surface area contributed by atoms with Crippen LogP contribution in [0.1, 0.15) is 27.5 Å². The zero-order valence-corrected chi connectivity index (χ0v) is 13.1. The first-order chi connectivity index (χ1) is 11.6. The summed E-state index contributed by atoms with van der Waals surface area (Å²) in [5, 5.41) is 1.06. The van der Waals surface area contributed by atoms with Crippen LogP contribution in [0.5, 0.6) is 0 Å². The van der Waals surface area contributed by atoms with Crippen LogP contribution in [0.3, 0.4) is 0 Å². The number of carbonyl (C=O) groups excluding carboxylic acids is 3. The van der Waals surface area contributed by atoms with Crippen molar-refractivity contribution in [2.45, 2.75) is 12.5 Å². The standard InChI is InChI=1S/C18H16N2O4/c1-24-18(23)16-14-10-6-5-9-13(14)11-15(21)20(16)19-17(22)12-7-3-2-4-8-12/h2-10,16H,11H2,1H3,(H,19,22)/t16-/m0/s1. The lowest BCUT2D eigenvalue weighted by Crippen LogP contribution is -2.53. The van der Waals surface area contributed by atoms with E-state index >= 15 is 0 Å². The van der Waals surface area contributed by atoms with Gasteiger partial charge in [-0.15, -0.1) is 0 Å². The van der Waals surface area contributed by atoms with E-state index in [0.29, 0.717) is 11.1 Å². The molecule has 0 saturated heterocycles. The van der Waals surface area contributed by atoms with E-state index in [0.717, 1.165) is 10.6 Å². The molecule has 0 aromatic heterocycles. The lowest BCUT2D eigenvalue weighted by molar-refractivity contribution is -0.156. The number of benzene rings is 2. The molecule has 24 heavy (non-hydrogen) atoms. The summed E-state index contributed by atoms with van der Waals surface area (Å²) in [6, 6.07) is 14.6. The van der Waals surface area contributed by atoms with Crippen molar-refractivity contribution < 1.29 is 19.1 Å². The fourth-order valence-corrected chi connectivity index (χ4v) is 2.73. The molecule has 2 aromatic rings. The number of esters is 1. The molecule has 1 aliphatic rings. The maximum absolute atomic E-state index is 12.5.